The second-order valence-corrected chi connectivity index (χ2v) is 9.08. The van der Waals surface area contributed by atoms with Crippen LogP contribution in [0.4, 0.5) is 18.0 Å². The average molecular weight is 566 g/mol. The van der Waals surface area contributed by atoms with E-state index in [1.54, 1.807) is 10.7 Å². The zero-order valence-electron chi connectivity index (χ0n) is 21.0. The highest BCUT2D eigenvalue weighted by Gasteiger charge is 2.31. The number of carboxylic acid groups (broad SMARTS) is 1. The number of unbranched alkanes of at least 4 members (excludes halogenated alkanes) is 1. The number of aromatic nitrogens is 6. The summed E-state index contributed by atoms with van der Waals surface area (Å²) in [5.41, 5.74) is 0.648. The van der Waals surface area contributed by atoms with Crippen molar-refractivity contribution in [1.29, 1.82) is 0 Å². The van der Waals surface area contributed by atoms with Crippen LogP contribution in [0.5, 0.6) is 5.75 Å². The lowest BCUT2D eigenvalue weighted by atomic mass is 10.0. The van der Waals surface area contributed by atoms with E-state index in [1.165, 1.54) is 40.2 Å². The van der Waals surface area contributed by atoms with E-state index in [-0.39, 0.29) is 35.5 Å². The summed E-state index contributed by atoms with van der Waals surface area (Å²) in [6.07, 6.45) is -1.44. The van der Waals surface area contributed by atoms with E-state index in [9.17, 15) is 27.6 Å². The lowest BCUT2D eigenvalue weighted by molar-refractivity contribution is -0.274. The van der Waals surface area contributed by atoms with Crippen molar-refractivity contribution in [1.82, 2.24) is 45.5 Å². The predicted octanol–water partition coefficient (Wildman–Crippen LogP) is 1.52. The number of aryl methyl sites for hydroxylation is 2. The highest BCUT2D eigenvalue weighted by atomic mass is 19.4. The Morgan fingerprint density at radius 1 is 0.975 bits per heavy atom. The summed E-state index contributed by atoms with van der Waals surface area (Å²) in [6.45, 7) is 2.07. The second-order valence-electron chi connectivity index (χ2n) is 9.08. The van der Waals surface area contributed by atoms with Gasteiger partial charge in [0.25, 0.3) is 11.8 Å². The maximum absolute atomic E-state index is 12.4. The standard InChI is InChI=1S/C23H26F3N9O5/c24-23(25,26)40-17-5-3-4-15(8-17)9-27-20(36)18-13-34(31-29-18)6-1-2-7-35-14-19(30-32-35)21(37)28-10-16-11-33(12-16)22(38)39/h3-5,8,13-14,16H,1-2,6-7,9-12H2,(H,27,36)(H,28,37)(H,38,39). The second kappa shape index (κ2) is 12.4. The van der Waals surface area contributed by atoms with E-state index in [2.05, 4.69) is 36.0 Å². The number of ether oxygens (including phenoxy) is 1. The summed E-state index contributed by atoms with van der Waals surface area (Å²) in [4.78, 5) is 36.6. The first-order valence-corrected chi connectivity index (χ1v) is 12.2. The van der Waals surface area contributed by atoms with Gasteiger partial charge in [-0.15, -0.1) is 23.4 Å². The van der Waals surface area contributed by atoms with Gasteiger partial charge in [0.15, 0.2) is 11.4 Å². The topological polar surface area (TPSA) is 169 Å². The van der Waals surface area contributed by atoms with Crippen LogP contribution in [0.1, 0.15) is 39.4 Å². The first-order valence-electron chi connectivity index (χ1n) is 12.2. The molecule has 0 aliphatic carbocycles. The summed E-state index contributed by atoms with van der Waals surface area (Å²) < 4.78 is 44.1. The molecule has 3 heterocycles. The van der Waals surface area contributed by atoms with Crippen LogP contribution in [0, 0.1) is 5.92 Å². The van der Waals surface area contributed by atoms with E-state index in [0.717, 1.165) is 0 Å². The number of carbonyl (C=O) groups excluding carboxylic acids is 2. The molecule has 3 N–H and O–H groups in total. The summed E-state index contributed by atoms with van der Waals surface area (Å²) in [6, 6.07) is 5.29. The zero-order valence-corrected chi connectivity index (χ0v) is 21.0. The Morgan fingerprint density at radius 2 is 1.57 bits per heavy atom. The zero-order chi connectivity index (χ0) is 28.7. The van der Waals surface area contributed by atoms with Crippen LogP contribution in [-0.4, -0.2) is 83.9 Å². The summed E-state index contributed by atoms with van der Waals surface area (Å²) in [5.74, 6) is -1.21. The lowest BCUT2D eigenvalue weighted by Gasteiger charge is -2.36. The molecule has 0 spiro atoms. The average Bonchev–Trinajstić information content (AvgIpc) is 3.53. The van der Waals surface area contributed by atoms with Crippen LogP contribution in [0.25, 0.3) is 0 Å². The minimum absolute atomic E-state index is 0.0252. The van der Waals surface area contributed by atoms with E-state index in [0.29, 0.717) is 51.1 Å². The van der Waals surface area contributed by atoms with Crippen LogP contribution in [-0.2, 0) is 19.6 Å². The van der Waals surface area contributed by atoms with E-state index >= 15 is 0 Å². The first kappa shape index (κ1) is 28.3. The molecule has 0 bridgehead atoms. The van der Waals surface area contributed by atoms with E-state index in [4.69, 9.17) is 5.11 Å². The van der Waals surface area contributed by atoms with Gasteiger partial charge >= 0.3 is 12.5 Å². The number of likely N-dealkylation sites (tertiary alicyclic amines) is 1. The van der Waals surface area contributed by atoms with Crippen molar-refractivity contribution in [3.05, 3.63) is 53.6 Å². The molecular weight excluding hydrogens is 539 g/mol. The Kier molecular flexibility index (Phi) is 8.80. The van der Waals surface area contributed by atoms with Gasteiger partial charge in [-0.1, -0.05) is 22.6 Å². The van der Waals surface area contributed by atoms with Gasteiger partial charge in [0.2, 0.25) is 0 Å². The van der Waals surface area contributed by atoms with Gasteiger partial charge in [0.1, 0.15) is 5.75 Å². The monoisotopic (exact) mass is 565 g/mol. The van der Waals surface area contributed by atoms with Crippen molar-refractivity contribution in [2.75, 3.05) is 19.6 Å². The maximum Gasteiger partial charge on any atom is 0.573 e. The van der Waals surface area contributed by atoms with Crippen LogP contribution >= 0.6 is 0 Å². The fraction of sp³-hybridized carbons (Fsp3) is 0.435. The molecule has 0 atom stereocenters. The van der Waals surface area contributed by atoms with Gasteiger partial charge in [-0.2, -0.15) is 0 Å². The van der Waals surface area contributed by atoms with Crippen molar-refractivity contribution in [2.45, 2.75) is 38.8 Å². The molecule has 1 fully saturated rings. The molecular formula is C23H26F3N9O5. The molecule has 4 rings (SSSR count). The summed E-state index contributed by atoms with van der Waals surface area (Å²) in [5, 5.41) is 29.7. The molecule has 3 aromatic rings. The SMILES string of the molecule is O=C(NCc1cccc(OC(F)(F)F)c1)c1cn(CCCCn2cc(C(=O)NCC3CN(C(=O)O)C3)nn2)nn1. The lowest BCUT2D eigenvalue weighted by Crippen LogP contribution is -2.53. The number of nitrogens with one attached hydrogen (secondary N) is 2. The molecule has 14 nitrogen and oxygen atoms in total. The number of alkyl halides is 3. The minimum atomic E-state index is -4.81. The third-order valence-corrected chi connectivity index (χ3v) is 5.93. The van der Waals surface area contributed by atoms with Gasteiger partial charge in [0.05, 0.1) is 12.4 Å². The largest absolute Gasteiger partial charge is 0.573 e. The fourth-order valence-corrected chi connectivity index (χ4v) is 3.88. The molecule has 1 aliphatic rings. The number of carbonyl (C=O) groups is 3. The van der Waals surface area contributed by atoms with Gasteiger partial charge in [-0.05, 0) is 30.5 Å². The van der Waals surface area contributed by atoms with Gasteiger partial charge in [0, 0.05) is 45.2 Å². The number of amides is 3. The molecule has 0 saturated carbocycles. The van der Waals surface area contributed by atoms with Gasteiger partial charge < -0.3 is 25.4 Å². The van der Waals surface area contributed by atoms with Crippen LogP contribution < -0.4 is 15.4 Å². The number of halogens is 3. The smallest absolute Gasteiger partial charge is 0.465 e. The molecule has 1 saturated heterocycles. The third kappa shape index (κ3) is 8.15. The van der Waals surface area contributed by atoms with Gasteiger partial charge in [-0.3, -0.25) is 19.0 Å². The molecule has 214 valence electrons. The number of hydrogen-bond acceptors (Lipinski definition) is 8. The summed E-state index contributed by atoms with van der Waals surface area (Å²) in [7, 11) is 0. The van der Waals surface area contributed by atoms with E-state index < -0.39 is 18.4 Å². The molecule has 3 amide bonds. The van der Waals surface area contributed by atoms with Crippen molar-refractivity contribution in [2.24, 2.45) is 5.92 Å². The van der Waals surface area contributed by atoms with Crippen molar-refractivity contribution < 1.29 is 37.4 Å². The Hall–Kier alpha value is -4.70. The van der Waals surface area contributed by atoms with Crippen molar-refractivity contribution in [3.8, 4) is 5.75 Å². The van der Waals surface area contributed by atoms with Crippen LogP contribution in [0.3, 0.4) is 0 Å². The Morgan fingerprint density at radius 3 is 2.15 bits per heavy atom. The Bertz CT molecular complexity index is 1340. The van der Waals surface area contributed by atoms with Crippen molar-refractivity contribution >= 4 is 17.9 Å². The number of hydrogen-bond donors (Lipinski definition) is 3. The molecule has 0 unspecified atom stereocenters. The fourth-order valence-electron chi connectivity index (χ4n) is 3.88. The highest BCUT2D eigenvalue weighted by molar-refractivity contribution is 5.92. The normalized spacial score (nSPS) is 13.5. The molecule has 1 aromatic carbocycles. The Balaban J connectivity index is 1.14. The molecule has 40 heavy (non-hydrogen) atoms. The Labute approximate surface area is 225 Å². The quantitative estimate of drug-likeness (QED) is 0.276. The summed E-state index contributed by atoms with van der Waals surface area (Å²) >= 11 is 0. The third-order valence-electron chi connectivity index (χ3n) is 5.93. The van der Waals surface area contributed by atoms with Crippen LogP contribution in [0.15, 0.2) is 36.7 Å². The van der Waals surface area contributed by atoms with Crippen molar-refractivity contribution in [3.63, 3.8) is 0 Å². The number of nitrogens with zero attached hydrogens (tertiary/aromatic N) is 7. The molecule has 17 heteroatoms. The predicted molar refractivity (Wildman–Crippen MR) is 129 cm³/mol. The van der Waals surface area contributed by atoms with Gasteiger partial charge in [-0.25, -0.2) is 4.79 Å². The molecule has 0 radical (unpaired) electrons. The molecule has 2 aromatic heterocycles. The highest BCUT2D eigenvalue weighted by Crippen LogP contribution is 2.23. The minimum Gasteiger partial charge on any atom is -0.465 e. The number of benzene rings is 1. The van der Waals surface area contributed by atoms with E-state index in [1.807, 2.05) is 0 Å². The first-order chi connectivity index (χ1) is 19.1. The van der Waals surface area contributed by atoms with Crippen LogP contribution in [0.2, 0.25) is 0 Å². The molecule has 1 aliphatic heterocycles. The number of rotatable bonds is 12. The maximum atomic E-state index is 12.4.